The lowest BCUT2D eigenvalue weighted by molar-refractivity contribution is -0.124. The third-order valence-corrected chi connectivity index (χ3v) is 3.59. The van der Waals surface area contributed by atoms with Gasteiger partial charge in [-0.15, -0.1) is 0 Å². The zero-order valence-electron chi connectivity index (χ0n) is 13.6. The minimum Gasteiger partial charge on any atom is -0.497 e. The van der Waals surface area contributed by atoms with Gasteiger partial charge in [-0.05, 0) is 42.0 Å². The summed E-state index contributed by atoms with van der Waals surface area (Å²) in [6.07, 6.45) is 0. The summed E-state index contributed by atoms with van der Waals surface area (Å²) in [5.41, 5.74) is 1.21. The molecule has 2 aromatic carbocycles. The summed E-state index contributed by atoms with van der Waals surface area (Å²) in [6.45, 7) is 0.150. The van der Waals surface area contributed by atoms with Gasteiger partial charge in [0.1, 0.15) is 5.75 Å². The van der Waals surface area contributed by atoms with E-state index in [1.165, 1.54) is 7.11 Å². The number of esters is 1. The maximum absolute atomic E-state index is 11.9. The Morgan fingerprint density at radius 1 is 1.08 bits per heavy atom. The number of rotatable bonds is 6. The molecule has 0 bridgehead atoms. The van der Waals surface area contributed by atoms with Crippen LogP contribution in [-0.4, -0.2) is 32.4 Å². The molecule has 2 aromatic rings. The summed E-state index contributed by atoms with van der Waals surface area (Å²) in [5, 5.41) is 2.68. The first-order valence-corrected chi connectivity index (χ1v) is 7.62. The van der Waals surface area contributed by atoms with Gasteiger partial charge in [0, 0.05) is 6.54 Å². The molecule has 0 saturated heterocycles. The van der Waals surface area contributed by atoms with Crippen LogP contribution in [0.1, 0.15) is 15.9 Å². The number of amides is 1. The monoisotopic (exact) mass is 343 g/mol. The fraction of sp³-hybridized carbons (Fsp3) is 0.222. The van der Waals surface area contributed by atoms with Crippen LogP contribution in [0.4, 0.5) is 0 Å². The van der Waals surface area contributed by atoms with Gasteiger partial charge in [0.25, 0.3) is 5.91 Å². The van der Waals surface area contributed by atoms with Crippen LogP contribution in [0.15, 0.2) is 42.5 Å². The second kappa shape index (κ2) is 7.57. The molecule has 3 rings (SSSR count). The summed E-state index contributed by atoms with van der Waals surface area (Å²) >= 11 is 0. The Morgan fingerprint density at radius 2 is 1.84 bits per heavy atom. The Labute approximate surface area is 144 Å². The van der Waals surface area contributed by atoms with Crippen molar-refractivity contribution in [1.29, 1.82) is 0 Å². The molecule has 0 fully saturated rings. The van der Waals surface area contributed by atoms with Gasteiger partial charge in [-0.1, -0.05) is 6.07 Å². The first-order valence-electron chi connectivity index (χ1n) is 7.62. The number of carbonyl (C=O) groups excluding carboxylic acids is 2. The summed E-state index contributed by atoms with van der Waals surface area (Å²) in [4.78, 5) is 23.7. The highest BCUT2D eigenvalue weighted by Gasteiger charge is 2.14. The van der Waals surface area contributed by atoms with Gasteiger partial charge in [0.15, 0.2) is 18.1 Å². The van der Waals surface area contributed by atoms with E-state index in [-0.39, 0.29) is 19.3 Å². The highest BCUT2D eigenvalue weighted by Crippen LogP contribution is 2.32. The first-order chi connectivity index (χ1) is 12.2. The first kappa shape index (κ1) is 16.6. The van der Waals surface area contributed by atoms with Crippen molar-refractivity contribution in [3.8, 4) is 17.2 Å². The van der Waals surface area contributed by atoms with Crippen molar-refractivity contribution in [1.82, 2.24) is 5.32 Å². The second-order valence-electron chi connectivity index (χ2n) is 5.27. The minimum absolute atomic E-state index is 0.201. The molecule has 0 aliphatic carbocycles. The number of ether oxygens (including phenoxy) is 4. The third-order valence-electron chi connectivity index (χ3n) is 3.59. The Morgan fingerprint density at radius 3 is 2.60 bits per heavy atom. The van der Waals surface area contributed by atoms with Crippen molar-refractivity contribution in [2.24, 2.45) is 0 Å². The summed E-state index contributed by atoms with van der Waals surface area (Å²) in [5.74, 6) is 1.01. The minimum atomic E-state index is -0.569. The maximum Gasteiger partial charge on any atom is 0.338 e. The molecule has 25 heavy (non-hydrogen) atoms. The molecule has 1 aliphatic heterocycles. The van der Waals surface area contributed by atoms with Gasteiger partial charge in [-0.3, -0.25) is 4.79 Å². The van der Waals surface area contributed by atoms with E-state index in [1.54, 1.807) is 36.4 Å². The Bertz CT molecular complexity index is 772. The molecular weight excluding hydrogens is 326 g/mol. The quantitative estimate of drug-likeness (QED) is 0.807. The van der Waals surface area contributed by atoms with Gasteiger partial charge in [-0.2, -0.15) is 0 Å². The molecule has 7 nitrogen and oxygen atoms in total. The van der Waals surface area contributed by atoms with Crippen molar-refractivity contribution < 1.29 is 28.5 Å². The van der Waals surface area contributed by atoms with Crippen molar-refractivity contribution in [3.63, 3.8) is 0 Å². The average Bonchev–Trinajstić information content (AvgIpc) is 3.12. The normalized spacial score (nSPS) is 11.7. The lowest BCUT2D eigenvalue weighted by atomic mass is 10.2. The molecule has 7 heteroatoms. The third kappa shape index (κ3) is 4.20. The Balaban J connectivity index is 1.45. The van der Waals surface area contributed by atoms with E-state index in [9.17, 15) is 9.59 Å². The van der Waals surface area contributed by atoms with E-state index >= 15 is 0 Å². The van der Waals surface area contributed by atoms with E-state index in [0.717, 1.165) is 5.56 Å². The van der Waals surface area contributed by atoms with Gasteiger partial charge < -0.3 is 24.3 Å². The molecule has 0 atom stereocenters. The highest BCUT2D eigenvalue weighted by atomic mass is 16.7. The van der Waals surface area contributed by atoms with Crippen molar-refractivity contribution in [2.75, 3.05) is 20.5 Å². The van der Waals surface area contributed by atoms with E-state index in [4.69, 9.17) is 18.9 Å². The number of nitrogens with one attached hydrogen (secondary N) is 1. The van der Waals surface area contributed by atoms with E-state index in [0.29, 0.717) is 29.4 Å². The number of benzene rings is 2. The van der Waals surface area contributed by atoms with Crippen LogP contribution in [0.2, 0.25) is 0 Å². The second-order valence-corrected chi connectivity index (χ2v) is 5.27. The molecular formula is C18H17NO6. The summed E-state index contributed by atoms with van der Waals surface area (Å²) in [6, 6.07) is 11.9. The van der Waals surface area contributed by atoms with Crippen LogP contribution >= 0.6 is 0 Å². The lowest BCUT2D eigenvalue weighted by Crippen LogP contribution is -2.28. The summed E-state index contributed by atoms with van der Waals surface area (Å²) in [7, 11) is 1.54. The molecule has 0 saturated carbocycles. The molecule has 0 unspecified atom stereocenters. The fourth-order valence-electron chi connectivity index (χ4n) is 2.24. The molecule has 0 radical (unpaired) electrons. The molecule has 1 aliphatic rings. The predicted molar refractivity (Wildman–Crippen MR) is 87.7 cm³/mol. The maximum atomic E-state index is 11.9. The van der Waals surface area contributed by atoms with Crippen LogP contribution in [0.3, 0.4) is 0 Å². The zero-order valence-corrected chi connectivity index (χ0v) is 13.6. The Kier molecular flexibility index (Phi) is 5.03. The molecule has 0 spiro atoms. The number of methoxy groups -OCH3 is 1. The van der Waals surface area contributed by atoms with Crippen molar-refractivity contribution >= 4 is 11.9 Å². The number of fused-ring (bicyclic) bond motifs is 1. The lowest BCUT2D eigenvalue weighted by Gasteiger charge is -2.08. The molecule has 0 aromatic heterocycles. The Hall–Kier alpha value is -3.22. The van der Waals surface area contributed by atoms with Crippen LogP contribution < -0.4 is 19.5 Å². The topological polar surface area (TPSA) is 83.1 Å². The zero-order chi connectivity index (χ0) is 17.6. The fourth-order valence-corrected chi connectivity index (χ4v) is 2.24. The van der Waals surface area contributed by atoms with Gasteiger partial charge >= 0.3 is 5.97 Å². The van der Waals surface area contributed by atoms with E-state index < -0.39 is 5.97 Å². The molecule has 130 valence electrons. The van der Waals surface area contributed by atoms with Gasteiger partial charge in [0.2, 0.25) is 6.79 Å². The standard InChI is InChI=1S/C18H17NO6/c1-22-14-5-3-13(4-6-14)18(21)23-10-17(20)19-9-12-2-7-15-16(8-12)25-11-24-15/h2-8H,9-11H2,1H3,(H,19,20). The molecule has 1 amide bonds. The SMILES string of the molecule is COc1ccc(C(=O)OCC(=O)NCc2ccc3c(c2)OCO3)cc1. The number of hydrogen-bond donors (Lipinski definition) is 1. The van der Waals surface area contributed by atoms with Gasteiger partial charge in [-0.25, -0.2) is 4.79 Å². The van der Waals surface area contributed by atoms with Crippen LogP contribution in [0.5, 0.6) is 17.2 Å². The van der Waals surface area contributed by atoms with E-state index in [1.807, 2.05) is 6.07 Å². The predicted octanol–water partition coefficient (Wildman–Crippen LogP) is 1.90. The van der Waals surface area contributed by atoms with E-state index in [2.05, 4.69) is 5.32 Å². The van der Waals surface area contributed by atoms with Gasteiger partial charge in [0.05, 0.1) is 12.7 Å². The number of carbonyl (C=O) groups is 2. The van der Waals surface area contributed by atoms with Crippen molar-refractivity contribution in [2.45, 2.75) is 6.54 Å². The van der Waals surface area contributed by atoms with Crippen LogP contribution in [-0.2, 0) is 16.1 Å². The van der Waals surface area contributed by atoms with Crippen LogP contribution in [0, 0.1) is 0 Å². The largest absolute Gasteiger partial charge is 0.497 e. The summed E-state index contributed by atoms with van der Waals surface area (Å²) < 4.78 is 20.5. The number of hydrogen-bond acceptors (Lipinski definition) is 6. The highest BCUT2D eigenvalue weighted by molar-refractivity contribution is 5.91. The molecule has 1 N–H and O–H groups in total. The average molecular weight is 343 g/mol. The molecule has 1 heterocycles. The van der Waals surface area contributed by atoms with Crippen LogP contribution in [0.25, 0.3) is 0 Å². The smallest absolute Gasteiger partial charge is 0.338 e. The van der Waals surface area contributed by atoms with Crippen molar-refractivity contribution in [3.05, 3.63) is 53.6 Å².